The van der Waals surface area contributed by atoms with Gasteiger partial charge in [-0.3, -0.25) is 5.84 Å². The molecule has 0 amide bonds. The molecule has 100 valence electrons. The zero-order valence-electron chi connectivity index (χ0n) is 10.4. The standard InChI is InChI=1S/C13H18BrFN2O/c1-13(6-2-3-7-18-13)12(17-16)10-8-9(14)4-5-11(10)15/h4-5,8,12,17H,2-3,6-7,16H2,1H3. The zero-order chi connectivity index (χ0) is 13.2. The highest BCUT2D eigenvalue weighted by Gasteiger charge is 2.38. The van der Waals surface area contributed by atoms with Crippen LogP contribution in [0.1, 0.15) is 37.8 Å². The Labute approximate surface area is 115 Å². The Hall–Kier alpha value is -0.490. The second-order valence-electron chi connectivity index (χ2n) is 4.88. The first kappa shape index (κ1) is 13.9. The molecule has 0 saturated carbocycles. The largest absolute Gasteiger partial charge is 0.373 e. The molecule has 1 fully saturated rings. The van der Waals surface area contributed by atoms with Gasteiger partial charge in [-0.15, -0.1) is 0 Å². The van der Waals surface area contributed by atoms with Crippen molar-refractivity contribution >= 4 is 15.9 Å². The molecule has 0 aromatic heterocycles. The van der Waals surface area contributed by atoms with Crippen LogP contribution in [0.5, 0.6) is 0 Å². The minimum Gasteiger partial charge on any atom is -0.373 e. The molecule has 2 atom stereocenters. The molecule has 3 N–H and O–H groups in total. The first-order valence-electron chi connectivity index (χ1n) is 6.12. The van der Waals surface area contributed by atoms with E-state index in [1.165, 1.54) is 6.07 Å². The summed E-state index contributed by atoms with van der Waals surface area (Å²) in [5.74, 6) is 5.36. The topological polar surface area (TPSA) is 47.3 Å². The maximum absolute atomic E-state index is 14.0. The lowest BCUT2D eigenvalue weighted by Crippen LogP contribution is -2.48. The van der Waals surface area contributed by atoms with E-state index < -0.39 is 5.60 Å². The van der Waals surface area contributed by atoms with E-state index in [2.05, 4.69) is 21.4 Å². The van der Waals surface area contributed by atoms with Crippen LogP contribution >= 0.6 is 15.9 Å². The maximum atomic E-state index is 14.0. The van der Waals surface area contributed by atoms with Gasteiger partial charge in [-0.1, -0.05) is 15.9 Å². The first-order valence-corrected chi connectivity index (χ1v) is 6.91. The third-order valence-corrected chi connectivity index (χ3v) is 4.04. The van der Waals surface area contributed by atoms with Crippen molar-refractivity contribution in [1.82, 2.24) is 5.43 Å². The van der Waals surface area contributed by atoms with Gasteiger partial charge in [-0.05, 0) is 44.4 Å². The van der Waals surface area contributed by atoms with Gasteiger partial charge in [-0.25, -0.2) is 9.82 Å². The predicted octanol–water partition coefficient (Wildman–Crippen LogP) is 3.05. The minimum absolute atomic E-state index is 0.267. The number of hydrogen-bond acceptors (Lipinski definition) is 3. The lowest BCUT2D eigenvalue weighted by molar-refractivity contribution is -0.0905. The van der Waals surface area contributed by atoms with E-state index in [4.69, 9.17) is 10.6 Å². The fraction of sp³-hybridized carbons (Fsp3) is 0.538. The summed E-state index contributed by atoms with van der Waals surface area (Å²) in [4.78, 5) is 0. The van der Waals surface area contributed by atoms with Crippen LogP contribution in [0.4, 0.5) is 4.39 Å². The molecule has 2 unspecified atom stereocenters. The van der Waals surface area contributed by atoms with Crippen LogP contribution in [-0.4, -0.2) is 12.2 Å². The Morgan fingerprint density at radius 3 is 2.89 bits per heavy atom. The van der Waals surface area contributed by atoms with Gasteiger partial charge in [-0.2, -0.15) is 0 Å². The van der Waals surface area contributed by atoms with Crippen molar-refractivity contribution in [3.05, 3.63) is 34.1 Å². The van der Waals surface area contributed by atoms with Crippen LogP contribution in [0.15, 0.2) is 22.7 Å². The summed E-state index contributed by atoms with van der Waals surface area (Å²) in [6, 6.07) is 4.52. The fourth-order valence-electron chi connectivity index (χ4n) is 2.51. The van der Waals surface area contributed by atoms with Crippen molar-refractivity contribution in [3.63, 3.8) is 0 Å². The number of nitrogens with one attached hydrogen (secondary N) is 1. The van der Waals surface area contributed by atoms with Crippen LogP contribution < -0.4 is 11.3 Å². The molecule has 2 rings (SSSR count). The van der Waals surface area contributed by atoms with Gasteiger partial charge in [0.05, 0.1) is 11.6 Å². The quantitative estimate of drug-likeness (QED) is 0.665. The monoisotopic (exact) mass is 316 g/mol. The molecule has 0 bridgehead atoms. The van der Waals surface area contributed by atoms with Crippen LogP contribution in [0.25, 0.3) is 0 Å². The molecule has 0 radical (unpaired) electrons. The van der Waals surface area contributed by atoms with Crippen LogP contribution in [0.3, 0.4) is 0 Å². The number of nitrogens with two attached hydrogens (primary N) is 1. The average Bonchev–Trinajstić information content (AvgIpc) is 2.35. The zero-order valence-corrected chi connectivity index (χ0v) is 12.0. The van der Waals surface area contributed by atoms with Gasteiger partial charge >= 0.3 is 0 Å². The number of halogens is 2. The molecule has 18 heavy (non-hydrogen) atoms. The average molecular weight is 317 g/mol. The summed E-state index contributed by atoms with van der Waals surface area (Å²) in [5.41, 5.74) is 2.79. The van der Waals surface area contributed by atoms with E-state index in [0.717, 1.165) is 23.7 Å². The Bertz CT molecular complexity index is 421. The molecular weight excluding hydrogens is 299 g/mol. The highest BCUT2D eigenvalue weighted by molar-refractivity contribution is 9.10. The van der Waals surface area contributed by atoms with Crippen LogP contribution in [0, 0.1) is 5.82 Å². The Kier molecular flexibility index (Phi) is 4.37. The molecule has 0 spiro atoms. The summed E-state index contributed by atoms with van der Waals surface area (Å²) in [6.07, 6.45) is 2.99. The molecule has 1 aromatic carbocycles. The van der Waals surface area contributed by atoms with Gasteiger partial charge in [0.1, 0.15) is 5.82 Å². The third-order valence-electron chi connectivity index (χ3n) is 3.55. The molecule has 1 saturated heterocycles. The molecule has 1 aliphatic heterocycles. The summed E-state index contributed by atoms with van der Waals surface area (Å²) >= 11 is 3.36. The first-order chi connectivity index (χ1) is 8.57. The molecule has 3 nitrogen and oxygen atoms in total. The highest BCUT2D eigenvalue weighted by Crippen LogP contribution is 2.37. The number of hydrogen-bond donors (Lipinski definition) is 2. The van der Waals surface area contributed by atoms with E-state index in [-0.39, 0.29) is 11.9 Å². The lowest BCUT2D eigenvalue weighted by Gasteiger charge is -2.40. The number of benzene rings is 1. The Morgan fingerprint density at radius 2 is 2.28 bits per heavy atom. The van der Waals surface area contributed by atoms with Crippen molar-refractivity contribution in [3.8, 4) is 0 Å². The van der Waals surface area contributed by atoms with Crippen molar-refractivity contribution in [2.24, 2.45) is 5.84 Å². The lowest BCUT2D eigenvalue weighted by atomic mass is 9.84. The Morgan fingerprint density at radius 1 is 1.50 bits per heavy atom. The fourth-order valence-corrected chi connectivity index (χ4v) is 2.89. The maximum Gasteiger partial charge on any atom is 0.128 e. The molecule has 1 aliphatic rings. The minimum atomic E-state index is -0.464. The normalized spacial score (nSPS) is 26.0. The number of hydrazine groups is 1. The summed E-state index contributed by atoms with van der Waals surface area (Å²) in [5, 5.41) is 0. The summed E-state index contributed by atoms with van der Waals surface area (Å²) in [6.45, 7) is 2.68. The molecule has 5 heteroatoms. The van der Waals surface area contributed by atoms with Gasteiger partial charge in [0.15, 0.2) is 0 Å². The van der Waals surface area contributed by atoms with Gasteiger partial charge in [0.2, 0.25) is 0 Å². The highest BCUT2D eigenvalue weighted by atomic mass is 79.9. The number of ether oxygens (including phenoxy) is 1. The second-order valence-corrected chi connectivity index (χ2v) is 5.80. The second kappa shape index (κ2) is 5.65. The van der Waals surface area contributed by atoms with Crippen molar-refractivity contribution in [2.45, 2.75) is 37.8 Å². The van der Waals surface area contributed by atoms with Gasteiger partial charge < -0.3 is 4.74 Å². The summed E-state index contributed by atoms with van der Waals surface area (Å²) < 4.78 is 20.6. The van der Waals surface area contributed by atoms with E-state index in [1.54, 1.807) is 12.1 Å². The SMILES string of the molecule is CC1(C(NN)c2cc(Br)ccc2F)CCCCO1. The Balaban J connectivity index is 2.35. The van der Waals surface area contributed by atoms with Crippen LogP contribution in [0.2, 0.25) is 0 Å². The van der Waals surface area contributed by atoms with Crippen molar-refractivity contribution in [1.29, 1.82) is 0 Å². The smallest absolute Gasteiger partial charge is 0.128 e. The van der Waals surface area contributed by atoms with E-state index >= 15 is 0 Å². The summed E-state index contributed by atoms with van der Waals surface area (Å²) in [7, 11) is 0. The van der Waals surface area contributed by atoms with Crippen LogP contribution in [-0.2, 0) is 4.74 Å². The molecular formula is C13H18BrFN2O. The van der Waals surface area contributed by atoms with Crippen molar-refractivity contribution in [2.75, 3.05) is 6.61 Å². The van der Waals surface area contributed by atoms with Crippen molar-refractivity contribution < 1.29 is 9.13 Å². The number of rotatable bonds is 3. The predicted molar refractivity (Wildman–Crippen MR) is 72.4 cm³/mol. The van der Waals surface area contributed by atoms with Gasteiger partial charge in [0.25, 0.3) is 0 Å². The van der Waals surface area contributed by atoms with Gasteiger partial charge in [0, 0.05) is 16.6 Å². The molecule has 1 aromatic rings. The van der Waals surface area contributed by atoms with E-state index in [9.17, 15) is 4.39 Å². The van der Waals surface area contributed by atoms with E-state index in [1.807, 2.05) is 6.92 Å². The third kappa shape index (κ3) is 2.74. The van der Waals surface area contributed by atoms with E-state index in [0.29, 0.717) is 12.2 Å². The molecule has 1 heterocycles. The molecule has 0 aliphatic carbocycles.